The van der Waals surface area contributed by atoms with Crippen molar-refractivity contribution in [2.75, 3.05) is 18.9 Å². The summed E-state index contributed by atoms with van der Waals surface area (Å²) in [4.78, 5) is 11.2. The quantitative estimate of drug-likeness (QED) is 0.616. The second-order valence-corrected chi connectivity index (χ2v) is 4.56. The number of ether oxygens (including phenoxy) is 1. The summed E-state index contributed by atoms with van der Waals surface area (Å²) in [6.07, 6.45) is 2.55. The Balaban J connectivity index is 1.85. The van der Waals surface area contributed by atoms with Crippen molar-refractivity contribution in [3.8, 4) is 0 Å². The molecule has 98 valence electrons. The summed E-state index contributed by atoms with van der Waals surface area (Å²) in [6, 6.07) is 6.40. The summed E-state index contributed by atoms with van der Waals surface area (Å²) in [7, 11) is 0. The van der Waals surface area contributed by atoms with E-state index in [9.17, 15) is 4.79 Å². The number of hydrogen-bond acceptors (Lipinski definition) is 4. The molecule has 1 atom stereocenters. The molecule has 3 N–H and O–H groups in total. The van der Waals surface area contributed by atoms with Gasteiger partial charge in [0.05, 0.1) is 13.0 Å². The van der Waals surface area contributed by atoms with Gasteiger partial charge in [0.1, 0.15) is 0 Å². The Morgan fingerprint density at radius 2 is 2.39 bits per heavy atom. The van der Waals surface area contributed by atoms with Crippen molar-refractivity contribution in [1.82, 2.24) is 5.32 Å². The number of nitrogens with one attached hydrogen (secondary N) is 1. The number of aryl methyl sites for hydroxylation is 1. The average molecular weight is 248 g/mol. The number of anilines is 1. The maximum Gasteiger partial charge on any atom is 0.307 e. The van der Waals surface area contributed by atoms with Gasteiger partial charge < -0.3 is 15.8 Å². The standard InChI is InChI=1S/C14H20N2O2/c1-2-18-14(17)7-8-16-13-6-3-10-9-11(15)4-5-12(10)13/h4-5,9,13,16H,2-3,6-8,15H2,1H3. The molecule has 0 spiro atoms. The van der Waals surface area contributed by atoms with Crippen LogP contribution in [0.4, 0.5) is 5.69 Å². The predicted molar refractivity (Wildman–Crippen MR) is 71.2 cm³/mol. The highest BCUT2D eigenvalue weighted by molar-refractivity contribution is 5.69. The number of carbonyl (C=O) groups excluding carboxylic acids is 1. The Bertz CT molecular complexity index is 432. The molecule has 0 aliphatic heterocycles. The molecule has 0 saturated heterocycles. The summed E-state index contributed by atoms with van der Waals surface area (Å²) in [5.74, 6) is -0.138. The minimum Gasteiger partial charge on any atom is -0.466 e. The zero-order chi connectivity index (χ0) is 13.0. The molecule has 0 aromatic heterocycles. The van der Waals surface area contributed by atoms with Crippen molar-refractivity contribution in [3.63, 3.8) is 0 Å². The van der Waals surface area contributed by atoms with E-state index in [-0.39, 0.29) is 5.97 Å². The molecule has 2 rings (SSSR count). The Hall–Kier alpha value is -1.55. The highest BCUT2D eigenvalue weighted by Crippen LogP contribution is 2.32. The van der Waals surface area contributed by atoms with E-state index >= 15 is 0 Å². The molecule has 4 nitrogen and oxygen atoms in total. The third kappa shape index (κ3) is 3.01. The minimum atomic E-state index is -0.138. The lowest BCUT2D eigenvalue weighted by Crippen LogP contribution is -2.23. The molecule has 0 radical (unpaired) electrons. The van der Waals surface area contributed by atoms with Crippen molar-refractivity contribution in [3.05, 3.63) is 29.3 Å². The molecule has 0 fully saturated rings. The van der Waals surface area contributed by atoms with Crippen LogP contribution in [0.1, 0.15) is 36.9 Å². The van der Waals surface area contributed by atoms with Crippen molar-refractivity contribution in [1.29, 1.82) is 0 Å². The Kier molecular flexibility index (Phi) is 4.20. The molecule has 1 unspecified atom stereocenters. The average Bonchev–Trinajstić information content (AvgIpc) is 2.72. The van der Waals surface area contributed by atoms with Gasteiger partial charge >= 0.3 is 5.97 Å². The fraction of sp³-hybridized carbons (Fsp3) is 0.500. The first-order valence-corrected chi connectivity index (χ1v) is 6.48. The van der Waals surface area contributed by atoms with E-state index in [1.807, 2.05) is 19.1 Å². The molecule has 0 amide bonds. The monoisotopic (exact) mass is 248 g/mol. The second kappa shape index (κ2) is 5.87. The van der Waals surface area contributed by atoms with Gasteiger partial charge in [-0.25, -0.2) is 0 Å². The van der Waals surface area contributed by atoms with Crippen LogP contribution in [0.2, 0.25) is 0 Å². The summed E-state index contributed by atoms with van der Waals surface area (Å²) < 4.78 is 4.90. The minimum absolute atomic E-state index is 0.138. The summed E-state index contributed by atoms with van der Waals surface area (Å²) in [5, 5.41) is 3.40. The van der Waals surface area contributed by atoms with Gasteiger partial charge in [0.2, 0.25) is 0 Å². The normalized spacial score (nSPS) is 17.5. The molecule has 1 aromatic rings. The van der Waals surface area contributed by atoms with Gasteiger partial charge in [0, 0.05) is 18.3 Å². The van der Waals surface area contributed by atoms with Crippen LogP contribution in [0.15, 0.2) is 18.2 Å². The van der Waals surface area contributed by atoms with E-state index in [4.69, 9.17) is 10.5 Å². The Morgan fingerprint density at radius 3 is 3.17 bits per heavy atom. The van der Waals surface area contributed by atoms with Crippen LogP contribution in [0, 0.1) is 0 Å². The first kappa shape index (κ1) is 12.9. The van der Waals surface area contributed by atoms with Crippen LogP contribution in [0.3, 0.4) is 0 Å². The third-order valence-electron chi connectivity index (χ3n) is 3.27. The fourth-order valence-electron chi connectivity index (χ4n) is 2.43. The molecule has 18 heavy (non-hydrogen) atoms. The molecule has 1 aliphatic rings. The van der Waals surface area contributed by atoms with Gasteiger partial charge in [-0.15, -0.1) is 0 Å². The van der Waals surface area contributed by atoms with E-state index in [1.54, 1.807) is 0 Å². The van der Waals surface area contributed by atoms with Crippen LogP contribution < -0.4 is 11.1 Å². The van der Waals surface area contributed by atoms with Crippen molar-refractivity contribution < 1.29 is 9.53 Å². The molecule has 4 heteroatoms. The van der Waals surface area contributed by atoms with E-state index in [2.05, 4.69) is 11.4 Å². The van der Waals surface area contributed by atoms with Crippen LogP contribution in [-0.2, 0) is 16.0 Å². The molecular formula is C14H20N2O2. The molecule has 1 aromatic carbocycles. The number of rotatable bonds is 5. The first-order valence-electron chi connectivity index (χ1n) is 6.48. The molecule has 0 heterocycles. The number of nitrogen functional groups attached to an aromatic ring is 1. The lowest BCUT2D eigenvalue weighted by atomic mass is 10.1. The summed E-state index contributed by atoms with van der Waals surface area (Å²) in [5.41, 5.74) is 9.22. The highest BCUT2D eigenvalue weighted by Gasteiger charge is 2.21. The fourth-order valence-corrected chi connectivity index (χ4v) is 2.43. The zero-order valence-electron chi connectivity index (χ0n) is 10.7. The number of nitrogens with two attached hydrogens (primary N) is 1. The first-order chi connectivity index (χ1) is 8.70. The Labute approximate surface area is 108 Å². The highest BCUT2D eigenvalue weighted by atomic mass is 16.5. The van der Waals surface area contributed by atoms with E-state index in [0.717, 1.165) is 18.5 Å². The van der Waals surface area contributed by atoms with Gasteiger partial charge in [-0.3, -0.25) is 4.79 Å². The second-order valence-electron chi connectivity index (χ2n) is 4.56. The smallest absolute Gasteiger partial charge is 0.307 e. The van der Waals surface area contributed by atoms with Gasteiger partial charge in [0.15, 0.2) is 0 Å². The summed E-state index contributed by atoms with van der Waals surface area (Å²) >= 11 is 0. The molecule has 0 saturated carbocycles. The number of fused-ring (bicyclic) bond motifs is 1. The lowest BCUT2D eigenvalue weighted by molar-refractivity contribution is -0.143. The number of esters is 1. The van der Waals surface area contributed by atoms with Gasteiger partial charge in [-0.1, -0.05) is 6.07 Å². The van der Waals surface area contributed by atoms with Gasteiger partial charge in [0.25, 0.3) is 0 Å². The van der Waals surface area contributed by atoms with E-state index in [0.29, 0.717) is 25.6 Å². The predicted octanol–water partition coefficient (Wildman–Crippen LogP) is 1.80. The van der Waals surface area contributed by atoms with Crippen LogP contribution in [-0.4, -0.2) is 19.1 Å². The summed E-state index contributed by atoms with van der Waals surface area (Å²) in [6.45, 7) is 2.93. The van der Waals surface area contributed by atoms with E-state index < -0.39 is 0 Å². The largest absolute Gasteiger partial charge is 0.466 e. The van der Waals surface area contributed by atoms with Crippen molar-refractivity contribution in [2.24, 2.45) is 0 Å². The van der Waals surface area contributed by atoms with Crippen LogP contribution in [0.25, 0.3) is 0 Å². The maximum absolute atomic E-state index is 11.2. The maximum atomic E-state index is 11.2. The van der Waals surface area contributed by atoms with Crippen LogP contribution >= 0.6 is 0 Å². The van der Waals surface area contributed by atoms with Crippen molar-refractivity contribution in [2.45, 2.75) is 32.2 Å². The molecule has 1 aliphatic carbocycles. The third-order valence-corrected chi connectivity index (χ3v) is 3.27. The van der Waals surface area contributed by atoms with E-state index in [1.165, 1.54) is 11.1 Å². The Morgan fingerprint density at radius 1 is 1.56 bits per heavy atom. The SMILES string of the molecule is CCOC(=O)CCNC1CCc2cc(N)ccc21. The van der Waals surface area contributed by atoms with Gasteiger partial charge in [-0.05, 0) is 43.0 Å². The number of benzene rings is 1. The number of hydrogen-bond donors (Lipinski definition) is 2. The molecule has 0 bridgehead atoms. The number of carbonyl (C=O) groups is 1. The van der Waals surface area contributed by atoms with Crippen molar-refractivity contribution >= 4 is 11.7 Å². The topological polar surface area (TPSA) is 64.3 Å². The van der Waals surface area contributed by atoms with Gasteiger partial charge in [-0.2, -0.15) is 0 Å². The lowest BCUT2D eigenvalue weighted by Gasteiger charge is -2.13. The molecular weight excluding hydrogens is 228 g/mol. The zero-order valence-corrected chi connectivity index (χ0v) is 10.7. The van der Waals surface area contributed by atoms with Crippen LogP contribution in [0.5, 0.6) is 0 Å².